The van der Waals surface area contributed by atoms with Crippen molar-refractivity contribution in [3.63, 3.8) is 0 Å². The van der Waals surface area contributed by atoms with Gasteiger partial charge in [-0.1, -0.05) is 47.8 Å². The van der Waals surface area contributed by atoms with E-state index in [1.54, 1.807) is 23.5 Å². The second-order valence-electron chi connectivity index (χ2n) is 5.27. The normalized spacial score (nSPS) is 10.9. The summed E-state index contributed by atoms with van der Waals surface area (Å²) in [6, 6.07) is 13.1. The Morgan fingerprint density at radius 2 is 1.14 bits per heavy atom. The van der Waals surface area contributed by atoms with Gasteiger partial charge in [0.15, 0.2) is 0 Å². The summed E-state index contributed by atoms with van der Waals surface area (Å²) in [4.78, 5) is 2.62. The van der Waals surface area contributed by atoms with Crippen molar-refractivity contribution in [2.24, 2.45) is 0 Å². The van der Waals surface area contributed by atoms with Crippen LogP contribution in [0.2, 0.25) is 0 Å². The summed E-state index contributed by atoms with van der Waals surface area (Å²) in [7, 11) is 0. The van der Waals surface area contributed by atoms with Crippen molar-refractivity contribution in [3.8, 4) is 0 Å². The molecule has 0 unspecified atom stereocenters. The first-order chi connectivity index (χ1) is 10.1. The Hall–Kier alpha value is -0.900. The molecule has 0 fully saturated rings. The van der Waals surface area contributed by atoms with E-state index < -0.39 is 0 Å². The minimum atomic E-state index is 0.697. The third-order valence-electron chi connectivity index (χ3n) is 3.28. The summed E-state index contributed by atoms with van der Waals surface area (Å²) < 4.78 is 5.76. The van der Waals surface area contributed by atoms with Gasteiger partial charge in [-0.2, -0.15) is 0 Å². The van der Waals surface area contributed by atoms with Crippen molar-refractivity contribution in [3.05, 3.63) is 58.7 Å². The number of thioether (sulfide) groups is 2. The molecule has 21 heavy (non-hydrogen) atoms. The van der Waals surface area contributed by atoms with Gasteiger partial charge in [0, 0.05) is 9.79 Å². The molecule has 0 aliphatic heterocycles. The van der Waals surface area contributed by atoms with Gasteiger partial charge in [-0.05, 0) is 62.1 Å². The molecule has 0 spiro atoms. The molecule has 2 aromatic rings. The number of hydrogen-bond donors (Lipinski definition) is 0. The van der Waals surface area contributed by atoms with Crippen LogP contribution in [0.5, 0.6) is 0 Å². The maximum absolute atomic E-state index is 5.76. The van der Waals surface area contributed by atoms with Gasteiger partial charge in [0.2, 0.25) is 0 Å². The number of ether oxygens (including phenoxy) is 1. The molecular weight excluding hydrogens is 296 g/mol. The monoisotopic (exact) mass is 318 g/mol. The van der Waals surface area contributed by atoms with Crippen molar-refractivity contribution in [2.75, 3.05) is 11.9 Å². The molecule has 0 aliphatic rings. The van der Waals surface area contributed by atoms with Gasteiger partial charge in [0.25, 0.3) is 0 Å². The summed E-state index contributed by atoms with van der Waals surface area (Å²) in [6.07, 6.45) is 0. The van der Waals surface area contributed by atoms with Crippen molar-refractivity contribution < 1.29 is 4.74 Å². The van der Waals surface area contributed by atoms with Crippen LogP contribution in [0.15, 0.2) is 46.2 Å². The highest BCUT2D eigenvalue weighted by atomic mass is 32.2. The van der Waals surface area contributed by atoms with Crippen LogP contribution in [0, 0.1) is 27.7 Å². The van der Waals surface area contributed by atoms with Crippen molar-refractivity contribution in [2.45, 2.75) is 37.5 Å². The van der Waals surface area contributed by atoms with Gasteiger partial charge in [-0.3, -0.25) is 0 Å². The predicted molar refractivity (Wildman–Crippen MR) is 94.4 cm³/mol. The smallest absolute Gasteiger partial charge is 0.0978 e. The fourth-order valence-electron chi connectivity index (χ4n) is 1.97. The third-order valence-corrected chi connectivity index (χ3v) is 5.35. The van der Waals surface area contributed by atoms with Crippen molar-refractivity contribution in [1.82, 2.24) is 0 Å². The Labute approximate surface area is 136 Å². The van der Waals surface area contributed by atoms with Crippen LogP contribution >= 0.6 is 23.5 Å². The molecule has 0 bridgehead atoms. The Balaban J connectivity index is 1.77. The molecule has 0 saturated carbocycles. The molecule has 1 nitrogen and oxygen atoms in total. The molecule has 2 aromatic carbocycles. The van der Waals surface area contributed by atoms with Gasteiger partial charge in [-0.25, -0.2) is 0 Å². The van der Waals surface area contributed by atoms with Crippen molar-refractivity contribution in [1.29, 1.82) is 0 Å². The van der Waals surface area contributed by atoms with Crippen LogP contribution in [0.1, 0.15) is 22.3 Å². The largest absolute Gasteiger partial charge is 0.360 e. The Morgan fingerprint density at radius 3 is 1.57 bits per heavy atom. The lowest BCUT2D eigenvalue weighted by Gasteiger charge is -2.09. The van der Waals surface area contributed by atoms with Crippen LogP contribution in [0.4, 0.5) is 0 Å². The molecular formula is C18H22OS2. The lowest BCUT2D eigenvalue weighted by Crippen LogP contribution is -1.92. The van der Waals surface area contributed by atoms with E-state index in [0.717, 1.165) is 0 Å². The standard InChI is InChI=1S/C18H22OS2/c1-13-5-7-15(3)17(9-13)20-11-19-12-21-18-10-14(2)6-8-16(18)4/h5-10H,11-12H2,1-4H3. The van der Waals surface area contributed by atoms with E-state index in [4.69, 9.17) is 4.74 Å². The molecule has 2 rings (SSSR count). The van der Waals surface area contributed by atoms with Crippen LogP contribution in [0.25, 0.3) is 0 Å². The zero-order valence-electron chi connectivity index (χ0n) is 13.1. The molecule has 0 heterocycles. The van der Waals surface area contributed by atoms with Gasteiger partial charge in [0.05, 0.1) is 11.9 Å². The molecule has 0 aromatic heterocycles. The first kappa shape index (κ1) is 16.5. The molecule has 0 aliphatic carbocycles. The number of hydrogen-bond acceptors (Lipinski definition) is 3. The minimum Gasteiger partial charge on any atom is -0.360 e. The zero-order chi connectivity index (χ0) is 15.2. The van der Waals surface area contributed by atoms with Gasteiger partial charge in [-0.15, -0.1) is 0 Å². The van der Waals surface area contributed by atoms with E-state index in [1.165, 1.54) is 32.0 Å². The molecule has 0 atom stereocenters. The number of rotatable bonds is 6. The molecule has 0 saturated heterocycles. The van der Waals surface area contributed by atoms with Gasteiger partial charge >= 0.3 is 0 Å². The highest BCUT2D eigenvalue weighted by Crippen LogP contribution is 2.26. The maximum atomic E-state index is 5.76. The molecule has 0 amide bonds. The molecule has 0 radical (unpaired) electrons. The average molecular weight is 319 g/mol. The fourth-order valence-corrected chi connectivity index (χ4v) is 3.79. The van der Waals surface area contributed by atoms with E-state index in [9.17, 15) is 0 Å². The maximum Gasteiger partial charge on any atom is 0.0978 e. The van der Waals surface area contributed by atoms with E-state index >= 15 is 0 Å². The SMILES string of the molecule is Cc1ccc(C)c(SCOCSc2cc(C)ccc2C)c1. The summed E-state index contributed by atoms with van der Waals surface area (Å²) >= 11 is 3.54. The average Bonchev–Trinajstić information content (AvgIpc) is 2.45. The van der Waals surface area contributed by atoms with E-state index in [2.05, 4.69) is 64.1 Å². The van der Waals surface area contributed by atoms with Crippen LogP contribution in [-0.2, 0) is 4.74 Å². The first-order valence-corrected chi connectivity index (χ1v) is 9.01. The van der Waals surface area contributed by atoms with E-state index in [-0.39, 0.29) is 0 Å². The highest BCUT2D eigenvalue weighted by molar-refractivity contribution is 8.00. The summed E-state index contributed by atoms with van der Waals surface area (Å²) in [5.74, 6) is 1.39. The summed E-state index contributed by atoms with van der Waals surface area (Å²) in [6.45, 7) is 8.54. The Bertz CT molecular complexity index is 555. The summed E-state index contributed by atoms with van der Waals surface area (Å²) in [5, 5.41) is 0. The quantitative estimate of drug-likeness (QED) is 0.382. The zero-order valence-corrected chi connectivity index (χ0v) is 14.7. The lowest BCUT2D eigenvalue weighted by atomic mass is 10.2. The Kier molecular flexibility index (Phi) is 6.22. The molecule has 112 valence electrons. The third kappa shape index (κ3) is 5.10. The lowest BCUT2D eigenvalue weighted by molar-refractivity contribution is 0.240. The van der Waals surface area contributed by atoms with Crippen LogP contribution < -0.4 is 0 Å². The second-order valence-corrected chi connectivity index (χ2v) is 7.19. The topological polar surface area (TPSA) is 9.23 Å². The van der Waals surface area contributed by atoms with Gasteiger partial charge in [0.1, 0.15) is 0 Å². The van der Waals surface area contributed by atoms with Crippen molar-refractivity contribution >= 4 is 23.5 Å². The second kappa shape index (κ2) is 7.92. The fraction of sp³-hybridized carbons (Fsp3) is 0.333. The molecule has 0 N–H and O–H groups in total. The molecule has 3 heteroatoms. The number of benzene rings is 2. The first-order valence-electron chi connectivity index (χ1n) is 7.04. The number of aryl methyl sites for hydroxylation is 4. The minimum absolute atomic E-state index is 0.697. The summed E-state index contributed by atoms with van der Waals surface area (Å²) in [5.41, 5.74) is 5.23. The van der Waals surface area contributed by atoms with E-state index in [1.807, 2.05) is 0 Å². The van der Waals surface area contributed by atoms with Crippen LogP contribution in [-0.4, -0.2) is 11.9 Å². The van der Waals surface area contributed by atoms with Gasteiger partial charge < -0.3 is 4.74 Å². The highest BCUT2D eigenvalue weighted by Gasteiger charge is 2.02. The van der Waals surface area contributed by atoms with Crippen LogP contribution in [0.3, 0.4) is 0 Å². The predicted octanol–water partition coefficient (Wildman–Crippen LogP) is 5.74. The Morgan fingerprint density at radius 1 is 0.714 bits per heavy atom. The van der Waals surface area contributed by atoms with E-state index in [0.29, 0.717) is 11.9 Å².